The number of benzene rings is 3. The van der Waals surface area contributed by atoms with Crippen LogP contribution in [0, 0.1) is 5.92 Å². The van der Waals surface area contributed by atoms with Crippen LogP contribution in [0.4, 0.5) is 4.79 Å². The van der Waals surface area contributed by atoms with Gasteiger partial charge in [-0.25, -0.2) is 4.79 Å². The third-order valence-electron chi connectivity index (χ3n) is 5.57. The average Bonchev–Trinajstić information content (AvgIpc) is 2.83. The molecule has 4 heteroatoms. The second-order valence-corrected chi connectivity index (χ2v) is 8.51. The maximum absolute atomic E-state index is 13.1. The van der Waals surface area contributed by atoms with Gasteiger partial charge in [-0.2, -0.15) is 0 Å². The van der Waals surface area contributed by atoms with Crippen molar-refractivity contribution >= 4 is 6.03 Å². The number of ether oxygens (including phenoxy) is 1. The van der Waals surface area contributed by atoms with Gasteiger partial charge in [0.25, 0.3) is 0 Å². The molecule has 3 aromatic carbocycles. The first-order valence-electron chi connectivity index (χ1n) is 11.3. The molecule has 2 amide bonds. The van der Waals surface area contributed by atoms with Crippen molar-refractivity contribution in [2.24, 2.45) is 5.92 Å². The number of urea groups is 1. The van der Waals surface area contributed by atoms with E-state index < -0.39 is 0 Å². The molecule has 4 nitrogen and oxygen atoms in total. The van der Waals surface area contributed by atoms with Gasteiger partial charge in [-0.05, 0) is 41.2 Å². The first kappa shape index (κ1) is 23.4. The molecule has 0 aliphatic heterocycles. The van der Waals surface area contributed by atoms with Gasteiger partial charge >= 0.3 is 6.03 Å². The van der Waals surface area contributed by atoms with E-state index in [0.29, 0.717) is 19.0 Å². The van der Waals surface area contributed by atoms with Crippen LogP contribution in [-0.4, -0.2) is 31.1 Å². The van der Waals surface area contributed by atoms with Crippen molar-refractivity contribution in [3.8, 4) is 5.75 Å². The van der Waals surface area contributed by atoms with E-state index in [4.69, 9.17) is 4.74 Å². The molecule has 0 heterocycles. The van der Waals surface area contributed by atoms with Crippen LogP contribution in [-0.2, 0) is 6.54 Å². The molecule has 0 saturated heterocycles. The van der Waals surface area contributed by atoms with E-state index in [-0.39, 0.29) is 11.9 Å². The summed E-state index contributed by atoms with van der Waals surface area (Å²) in [4.78, 5) is 15.0. The van der Waals surface area contributed by atoms with Crippen LogP contribution < -0.4 is 10.1 Å². The third-order valence-corrected chi connectivity index (χ3v) is 5.57. The molecule has 0 aliphatic rings. The zero-order valence-corrected chi connectivity index (χ0v) is 19.3. The van der Waals surface area contributed by atoms with Crippen LogP contribution in [0.2, 0.25) is 0 Å². The molecule has 0 atom stereocenters. The number of hydrogen-bond donors (Lipinski definition) is 1. The van der Waals surface area contributed by atoms with Crippen LogP contribution in [0.5, 0.6) is 5.75 Å². The van der Waals surface area contributed by atoms with Crippen molar-refractivity contribution in [3.63, 3.8) is 0 Å². The molecule has 0 radical (unpaired) electrons. The summed E-state index contributed by atoms with van der Waals surface area (Å²) in [7, 11) is 1.65. The standard InChI is InChI=1S/C28H34N2O2/c1-22(2)21-30(28(31)29-20-23-14-16-26(32-3)17-15-23)19-18-27(24-10-6-4-7-11-24)25-12-8-5-9-13-25/h4-17,22,27H,18-21H2,1-3H3,(H,29,31). The van der Waals surface area contributed by atoms with Crippen molar-refractivity contribution in [1.29, 1.82) is 0 Å². The fraction of sp³-hybridized carbons (Fsp3) is 0.321. The van der Waals surface area contributed by atoms with Gasteiger partial charge in [0.15, 0.2) is 0 Å². The Morgan fingerprint density at radius 3 is 1.94 bits per heavy atom. The summed E-state index contributed by atoms with van der Waals surface area (Å²) in [5.41, 5.74) is 3.61. The molecular formula is C28H34N2O2. The first-order valence-corrected chi connectivity index (χ1v) is 11.3. The van der Waals surface area contributed by atoms with E-state index in [2.05, 4.69) is 67.7 Å². The Kier molecular flexibility index (Phi) is 8.73. The monoisotopic (exact) mass is 430 g/mol. The number of carbonyl (C=O) groups excluding carboxylic acids is 1. The lowest BCUT2D eigenvalue weighted by Gasteiger charge is -2.27. The lowest BCUT2D eigenvalue weighted by molar-refractivity contribution is 0.188. The average molecular weight is 431 g/mol. The van der Waals surface area contributed by atoms with Crippen LogP contribution >= 0.6 is 0 Å². The molecule has 0 fully saturated rings. The lowest BCUT2D eigenvalue weighted by atomic mass is 9.88. The molecule has 0 unspecified atom stereocenters. The predicted octanol–water partition coefficient (Wildman–Crippen LogP) is 6.09. The van der Waals surface area contributed by atoms with Gasteiger partial charge in [0.1, 0.15) is 5.75 Å². The van der Waals surface area contributed by atoms with Crippen molar-refractivity contribution < 1.29 is 9.53 Å². The Hall–Kier alpha value is -3.27. The minimum Gasteiger partial charge on any atom is -0.497 e. The van der Waals surface area contributed by atoms with Crippen molar-refractivity contribution in [2.45, 2.75) is 32.7 Å². The fourth-order valence-electron chi connectivity index (χ4n) is 3.93. The first-order chi connectivity index (χ1) is 15.6. The fourth-order valence-corrected chi connectivity index (χ4v) is 3.93. The number of nitrogens with zero attached hydrogens (tertiary/aromatic N) is 1. The van der Waals surface area contributed by atoms with Crippen LogP contribution in [0.3, 0.4) is 0 Å². The Balaban J connectivity index is 1.68. The largest absolute Gasteiger partial charge is 0.497 e. The highest BCUT2D eigenvalue weighted by atomic mass is 16.5. The number of carbonyl (C=O) groups is 1. The minimum absolute atomic E-state index is 0.0191. The molecule has 3 aromatic rings. The lowest BCUT2D eigenvalue weighted by Crippen LogP contribution is -2.42. The number of amides is 2. The zero-order valence-electron chi connectivity index (χ0n) is 19.3. The summed E-state index contributed by atoms with van der Waals surface area (Å²) < 4.78 is 5.21. The zero-order chi connectivity index (χ0) is 22.8. The summed E-state index contributed by atoms with van der Waals surface area (Å²) >= 11 is 0. The quantitative estimate of drug-likeness (QED) is 0.423. The molecule has 32 heavy (non-hydrogen) atoms. The third kappa shape index (κ3) is 6.88. The Labute approximate surface area is 192 Å². The van der Waals surface area contributed by atoms with Gasteiger partial charge in [-0.1, -0.05) is 86.6 Å². The molecule has 1 N–H and O–H groups in total. The molecule has 0 spiro atoms. The number of hydrogen-bond acceptors (Lipinski definition) is 2. The van der Waals surface area contributed by atoms with E-state index in [1.807, 2.05) is 41.3 Å². The van der Waals surface area contributed by atoms with Gasteiger partial charge in [0.2, 0.25) is 0 Å². The van der Waals surface area contributed by atoms with Crippen LogP contribution in [0.25, 0.3) is 0 Å². The van der Waals surface area contributed by atoms with Gasteiger partial charge in [0.05, 0.1) is 7.11 Å². The maximum atomic E-state index is 13.1. The molecular weight excluding hydrogens is 396 g/mol. The van der Waals surface area contributed by atoms with Gasteiger partial charge in [0, 0.05) is 25.6 Å². The highest BCUT2D eigenvalue weighted by molar-refractivity contribution is 5.74. The van der Waals surface area contributed by atoms with E-state index in [1.165, 1.54) is 11.1 Å². The highest BCUT2D eigenvalue weighted by Gasteiger charge is 2.19. The number of methoxy groups -OCH3 is 1. The predicted molar refractivity (Wildman–Crippen MR) is 131 cm³/mol. The van der Waals surface area contributed by atoms with Crippen molar-refractivity contribution in [2.75, 3.05) is 20.2 Å². The Bertz CT molecular complexity index is 901. The van der Waals surface area contributed by atoms with Crippen molar-refractivity contribution in [1.82, 2.24) is 10.2 Å². The molecule has 0 aromatic heterocycles. The highest BCUT2D eigenvalue weighted by Crippen LogP contribution is 2.28. The van der Waals surface area contributed by atoms with Gasteiger partial charge < -0.3 is 15.0 Å². The van der Waals surface area contributed by atoms with Crippen LogP contribution in [0.15, 0.2) is 84.9 Å². The van der Waals surface area contributed by atoms with Crippen molar-refractivity contribution in [3.05, 3.63) is 102 Å². The summed E-state index contributed by atoms with van der Waals surface area (Å²) in [5.74, 6) is 1.46. The smallest absolute Gasteiger partial charge is 0.317 e. The second-order valence-electron chi connectivity index (χ2n) is 8.51. The molecule has 0 aliphatic carbocycles. The second kappa shape index (κ2) is 11.9. The Morgan fingerprint density at radius 2 is 1.44 bits per heavy atom. The van der Waals surface area contributed by atoms with Crippen LogP contribution in [0.1, 0.15) is 42.9 Å². The molecule has 168 valence electrons. The maximum Gasteiger partial charge on any atom is 0.317 e. The van der Waals surface area contributed by atoms with Gasteiger partial charge in [-0.3, -0.25) is 0 Å². The van der Waals surface area contributed by atoms with E-state index in [0.717, 1.165) is 24.3 Å². The van der Waals surface area contributed by atoms with E-state index in [9.17, 15) is 4.79 Å². The SMILES string of the molecule is COc1ccc(CNC(=O)N(CCC(c2ccccc2)c2ccccc2)CC(C)C)cc1. The summed E-state index contributed by atoms with van der Waals surface area (Å²) in [6, 6.07) is 28.9. The summed E-state index contributed by atoms with van der Waals surface area (Å²) in [6.07, 6.45) is 0.872. The molecule has 0 bridgehead atoms. The summed E-state index contributed by atoms with van der Waals surface area (Å²) in [5, 5.41) is 3.09. The molecule has 0 saturated carbocycles. The number of nitrogens with one attached hydrogen (secondary N) is 1. The molecule has 3 rings (SSSR count). The normalized spacial score (nSPS) is 10.9. The van der Waals surface area contributed by atoms with E-state index in [1.54, 1.807) is 7.11 Å². The summed E-state index contributed by atoms with van der Waals surface area (Å²) in [6.45, 7) is 6.22. The Morgan fingerprint density at radius 1 is 0.875 bits per heavy atom. The topological polar surface area (TPSA) is 41.6 Å². The number of rotatable bonds is 10. The minimum atomic E-state index is -0.0191. The van der Waals surface area contributed by atoms with Gasteiger partial charge in [-0.15, -0.1) is 0 Å². The van der Waals surface area contributed by atoms with E-state index >= 15 is 0 Å².